The molecular formula is C13H20N2O4. The molecule has 0 aromatic heterocycles. The molecule has 106 valence electrons. The number of benzene rings is 1. The predicted octanol–water partition coefficient (Wildman–Crippen LogP) is 2.83. The van der Waals surface area contributed by atoms with Crippen molar-refractivity contribution in [1.29, 1.82) is 0 Å². The number of para-hydroxylation sites is 1. The van der Waals surface area contributed by atoms with Gasteiger partial charge >= 0.3 is 5.69 Å². The number of ether oxygens (including phenoxy) is 2. The van der Waals surface area contributed by atoms with Crippen molar-refractivity contribution in [3.05, 3.63) is 28.3 Å². The molecule has 0 radical (unpaired) electrons. The van der Waals surface area contributed by atoms with Gasteiger partial charge in [-0.1, -0.05) is 6.07 Å². The number of nitro benzene ring substituents is 1. The Hall–Kier alpha value is -1.82. The third-order valence-electron chi connectivity index (χ3n) is 2.38. The lowest BCUT2D eigenvalue weighted by Gasteiger charge is -2.13. The molecule has 6 nitrogen and oxygen atoms in total. The van der Waals surface area contributed by atoms with Crippen molar-refractivity contribution in [2.45, 2.75) is 26.4 Å². The molecule has 0 atom stereocenters. The first-order valence-electron chi connectivity index (χ1n) is 6.23. The number of hydrogen-bond donors (Lipinski definition) is 1. The molecule has 0 fully saturated rings. The number of methoxy groups -OCH3 is 1. The molecule has 0 spiro atoms. The SMILES string of the molecule is COCCCNc1cccc(OC(C)C)c1[N+](=O)[O-]. The highest BCUT2D eigenvalue weighted by atomic mass is 16.6. The van der Waals surface area contributed by atoms with Crippen LogP contribution in [0.1, 0.15) is 20.3 Å². The van der Waals surface area contributed by atoms with Crippen molar-refractivity contribution in [2.24, 2.45) is 0 Å². The standard InChI is InChI=1S/C13H20N2O4/c1-10(2)19-12-7-4-6-11(13(12)15(16)17)14-8-5-9-18-3/h4,6-7,10,14H,5,8-9H2,1-3H3. The molecule has 0 amide bonds. The zero-order chi connectivity index (χ0) is 14.3. The molecule has 1 aromatic carbocycles. The van der Waals surface area contributed by atoms with Crippen molar-refractivity contribution in [1.82, 2.24) is 0 Å². The smallest absolute Gasteiger partial charge is 0.333 e. The lowest BCUT2D eigenvalue weighted by atomic mass is 10.2. The summed E-state index contributed by atoms with van der Waals surface area (Å²) in [6, 6.07) is 5.03. The maximum atomic E-state index is 11.2. The Morgan fingerprint density at radius 1 is 1.42 bits per heavy atom. The summed E-state index contributed by atoms with van der Waals surface area (Å²) in [5.74, 6) is 0.289. The van der Waals surface area contributed by atoms with Gasteiger partial charge in [-0.2, -0.15) is 0 Å². The van der Waals surface area contributed by atoms with E-state index in [9.17, 15) is 10.1 Å². The van der Waals surface area contributed by atoms with E-state index in [2.05, 4.69) is 5.32 Å². The molecule has 1 N–H and O–H groups in total. The summed E-state index contributed by atoms with van der Waals surface area (Å²) in [7, 11) is 1.62. The quantitative estimate of drug-likeness (QED) is 0.446. The first-order chi connectivity index (χ1) is 9.06. The summed E-state index contributed by atoms with van der Waals surface area (Å²) in [5.41, 5.74) is 0.452. The molecule has 0 heterocycles. The Labute approximate surface area is 112 Å². The Balaban J connectivity index is 2.87. The summed E-state index contributed by atoms with van der Waals surface area (Å²) in [4.78, 5) is 10.8. The van der Waals surface area contributed by atoms with Crippen LogP contribution in [-0.2, 0) is 4.74 Å². The minimum absolute atomic E-state index is 0.0198. The fourth-order valence-electron chi connectivity index (χ4n) is 1.64. The number of anilines is 1. The highest BCUT2D eigenvalue weighted by Crippen LogP contribution is 2.35. The van der Waals surface area contributed by atoms with Gasteiger partial charge in [0.15, 0.2) is 5.75 Å². The maximum Gasteiger partial charge on any atom is 0.333 e. The summed E-state index contributed by atoms with van der Waals surface area (Å²) in [6.45, 7) is 4.90. The third-order valence-corrected chi connectivity index (χ3v) is 2.38. The van der Waals surface area contributed by atoms with Gasteiger partial charge in [0.1, 0.15) is 5.69 Å². The highest BCUT2D eigenvalue weighted by Gasteiger charge is 2.21. The van der Waals surface area contributed by atoms with Gasteiger partial charge in [0.2, 0.25) is 0 Å². The molecule has 1 aromatic rings. The first kappa shape index (κ1) is 15.2. The average Bonchev–Trinajstić information content (AvgIpc) is 2.33. The summed E-state index contributed by atoms with van der Waals surface area (Å²) in [6.07, 6.45) is 0.672. The van der Waals surface area contributed by atoms with Crippen LogP contribution in [0.5, 0.6) is 5.75 Å². The lowest BCUT2D eigenvalue weighted by Crippen LogP contribution is -2.10. The Kier molecular flexibility index (Phi) is 6.08. The molecule has 0 bridgehead atoms. The second kappa shape index (κ2) is 7.58. The summed E-state index contributed by atoms with van der Waals surface area (Å²) in [5, 5.41) is 14.2. The van der Waals surface area contributed by atoms with Crippen LogP contribution in [0, 0.1) is 10.1 Å². The molecule has 0 aliphatic carbocycles. The van der Waals surface area contributed by atoms with Gasteiger partial charge in [0.05, 0.1) is 11.0 Å². The van der Waals surface area contributed by atoms with Crippen LogP contribution in [0.4, 0.5) is 11.4 Å². The Morgan fingerprint density at radius 3 is 2.74 bits per heavy atom. The van der Waals surface area contributed by atoms with Gasteiger partial charge in [-0.05, 0) is 32.4 Å². The maximum absolute atomic E-state index is 11.2. The molecule has 0 saturated heterocycles. The van der Waals surface area contributed by atoms with Crippen LogP contribution in [0.25, 0.3) is 0 Å². The number of nitrogens with zero attached hydrogens (tertiary/aromatic N) is 1. The summed E-state index contributed by atoms with van der Waals surface area (Å²) < 4.78 is 10.4. The van der Waals surface area contributed by atoms with E-state index in [1.807, 2.05) is 13.8 Å². The van der Waals surface area contributed by atoms with E-state index in [4.69, 9.17) is 9.47 Å². The zero-order valence-corrected chi connectivity index (χ0v) is 11.5. The minimum Gasteiger partial charge on any atom is -0.484 e. The predicted molar refractivity (Wildman–Crippen MR) is 73.8 cm³/mol. The molecule has 1 rings (SSSR count). The largest absolute Gasteiger partial charge is 0.484 e. The van der Waals surface area contributed by atoms with Crippen molar-refractivity contribution in [3.8, 4) is 5.75 Å². The Morgan fingerprint density at radius 2 is 2.16 bits per heavy atom. The highest BCUT2D eigenvalue weighted by molar-refractivity contribution is 5.68. The number of rotatable bonds is 8. The van der Waals surface area contributed by atoms with Gasteiger partial charge in [0.25, 0.3) is 0 Å². The molecule has 0 unspecified atom stereocenters. The molecule has 0 aliphatic heterocycles. The van der Waals surface area contributed by atoms with E-state index in [1.54, 1.807) is 25.3 Å². The average molecular weight is 268 g/mol. The molecule has 19 heavy (non-hydrogen) atoms. The van der Waals surface area contributed by atoms with E-state index >= 15 is 0 Å². The lowest BCUT2D eigenvalue weighted by molar-refractivity contribution is -0.385. The van der Waals surface area contributed by atoms with Crippen molar-refractivity contribution in [2.75, 3.05) is 25.6 Å². The molecule has 0 aliphatic rings. The van der Waals surface area contributed by atoms with Gasteiger partial charge < -0.3 is 14.8 Å². The van der Waals surface area contributed by atoms with E-state index in [-0.39, 0.29) is 17.5 Å². The van der Waals surface area contributed by atoms with Crippen LogP contribution in [0.3, 0.4) is 0 Å². The van der Waals surface area contributed by atoms with Crippen molar-refractivity contribution < 1.29 is 14.4 Å². The van der Waals surface area contributed by atoms with Gasteiger partial charge in [-0.3, -0.25) is 10.1 Å². The number of nitrogens with one attached hydrogen (secondary N) is 1. The van der Waals surface area contributed by atoms with Gasteiger partial charge in [-0.15, -0.1) is 0 Å². The Bertz CT molecular complexity index is 421. The zero-order valence-electron chi connectivity index (χ0n) is 11.5. The van der Waals surface area contributed by atoms with E-state index in [0.717, 1.165) is 6.42 Å². The normalized spacial score (nSPS) is 10.5. The van der Waals surface area contributed by atoms with Crippen LogP contribution in [0.2, 0.25) is 0 Å². The summed E-state index contributed by atoms with van der Waals surface area (Å²) >= 11 is 0. The van der Waals surface area contributed by atoms with Gasteiger partial charge in [0, 0.05) is 20.3 Å². The van der Waals surface area contributed by atoms with Crippen LogP contribution in [0.15, 0.2) is 18.2 Å². The van der Waals surface area contributed by atoms with E-state index < -0.39 is 4.92 Å². The van der Waals surface area contributed by atoms with Gasteiger partial charge in [-0.25, -0.2) is 0 Å². The second-order valence-electron chi connectivity index (χ2n) is 4.35. The first-order valence-corrected chi connectivity index (χ1v) is 6.23. The molecular weight excluding hydrogens is 248 g/mol. The van der Waals surface area contributed by atoms with Crippen LogP contribution in [-0.4, -0.2) is 31.3 Å². The molecule has 0 saturated carbocycles. The fraction of sp³-hybridized carbons (Fsp3) is 0.538. The number of nitro groups is 1. The fourth-order valence-corrected chi connectivity index (χ4v) is 1.64. The second-order valence-corrected chi connectivity index (χ2v) is 4.35. The third kappa shape index (κ3) is 4.75. The molecule has 6 heteroatoms. The van der Waals surface area contributed by atoms with Crippen LogP contribution < -0.4 is 10.1 Å². The van der Waals surface area contributed by atoms with E-state index in [0.29, 0.717) is 18.8 Å². The monoisotopic (exact) mass is 268 g/mol. The van der Waals surface area contributed by atoms with Crippen molar-refractivity contribution in [3.63, 3.8) is 0 Å². The van der Waals surface area contributed by atoms with Crippen molar-refractivity contribution >= 4 is 11.4 Å². The number of hydrogen-bond acceptors (Lipinski definition) is 5. The van der Waals surface area contributed by atoms with E-state index in [1.165, 1.54) is 0 Å². The van der Waals surface area contributed by atoms with Crippen LogP contribution >= 0.6 is 0 Å². The minimum atomic E-state index is -0.420. The topological polar surface area (TPSA) is 73.6 Å².